The monoisotopic (exact) mass is 317 g/mol. The van der Waals surface area contributed by atoms with E-state index in [2.05, 4.69) is 15.1 Å². The largest absolute Gasteiger partial charge is 0.327 e. The Morgan fingerprint density at radius 2 is 2.05 bits per heavy atom. The molecule has 8 heteroatoms. The molecule has 0 aliphatic rings. The van der Waals surface area contributed by atoms with Gasteiger partial charge in [-0.05, 0) is 31.2 Å². The second kappa shape index (κ2) is 5.64. The summed E-state index contributed by atoms with van der Waals surface area (Å²) in [6.45, 7) is 1.72. The number of carbonyl (C=O) groups excluding carboxylic acids is 1. The lowest BCUT2D eigenvalue weighted by Crippen LogP contribution is -2.13. The molecule has 1 amide bonds. The van der Waals surface area contributed by atoms with E-state index >= 15 is 0 Å². The first kappa shape index (κ1) is 14.3. The maximum absolute atomic E-state index is 13.0. The topological polar surface area (TPSA) is 65.1 Å². The summed E-state index contributed by atoms with van der Waals surface area (Å²) >= 11 is 1.35. The van der Waals surface area contributed by atoms with Crippen LogP contribution in [0.1, 0.15) is 16.4 Å². The van der Waals surface area contributed by atoms with E-state index in [-0.39, 0.29) is 11.6 Å². The van der Waals surface area contributed by atoms with Gasteiger partial charge in [0.05, 0.1) is 5.69 Å². The van der Waals surface area contributed by atoms with Gasteiger partial charge in [-0.1, -0.05) is 0 Å². The van der Waals surface area contributed by atoms with Crippen LogP contribution in [0, 0.1) is 12.7 Å². The number of amides is 1. The summed E-state index contributed by atoms with van der Waals surface area (Å²) < 4.78 is 16.2. The van der Waals surface area contributed by atoms with Crippen molar-refractivity contribution in [1.82, 2.24) is 19.3 Å². The normalized spacial score (nSPS) is 11.9. The van der Waals surface area contributed by atoms with Crippen LogP contribution in [0.4, 0.5) is 4.39 Å². The van der Waals surface area contributed by atoms with Crippen molar-refractivity contribution < 1.29 is 9.18 Å². The molecule has 0 fully saturated rings. The van der Waals surface area contributed by atoms with Crippen molar-refractivity contribution in [3.8, 4) is 5.69 Å². The number of halogens is 1. The molecule has 3 aromatic rings. The molecule has 0 N–H and O–H groups in total. The van der Waals surface area contributed by atoms with E-state index in [0.717, 1.165) is 0 Å². The zero-order valence-corrected chi connectivity index (χ0v) is 12.7. The fourth-order valence-electron chi connectivity index (χ4n) is 1.88. The van der Waals surface area contributed by atoms with E-state index in [1.807, 2.05) is 11.6 Å². The third kappa shape index (κ3) is 2.73. The number of thiazole rings is 1. The lowest BCUT2D eigenvalue weighted by molar-refractivity contribution is 0.0988. The minimum atomic E-state index is -0.512. The molecule has 112 valence electrons. The van der Waals surface area contributed by atoms with Crippen molar-refractivity contribution in [3.63, 3.8) is 0 Å². The Kier molecular flexibility index (Phi) is 3.68. The molecule has 0 bridgehead atoms. The standard InChI is InChI=1S/C14H12FN5OS/c1-9-16-12(13(21)17-14-19(2)7-8-22-14)18-20(9)11-5-3-10(15)4-6-11/h3-8H,1-2H3. The molecule has 0 unspecified atom stereocenters. The van der Waals surface area contributed by atoms with Gasteiger partial charge in [0.15, 0.2) is 4.80 Å². The van der Waals surface area contributed by atoms with Crippen molar-refractivity contribution in [2.45, 2.75) is 6.92 Å². The third-order valence-electron chi connectivity index (χ3n) is 2.99. The van der Waals surface area contributed by atoms with Gasteiger partial charge in [0, 0.05) is 18.6 Å². The fourth-order valence-corrected chi connectivity index (χ4v) is 2.61. The molecule has 3 rings (SSSR count). The highest BCUT2D eigenvalue weighted by molar-refractivity contribution is 7.07. The van der Waals surface area contributed by atoms with Crippen LogP contribution >= 0.6 is 11.3 Å². The van der Waals surface area contributed by atoms with Crippen molar-refractivity contribution in [2.24, 2.45) is 12.0 Å². The second-order valence-corrected chi connectivity index (χ2v) is 5.46. The van der Waals surface area contributed by atoms with Crippen molar-refractivity contribution in [1.29, 1.82) is 0 Å². The molecule has 2 heterocycles. The van der Waals surface area contributed by atoms with Crippen molar-refractivity contribution in [2.75, 3.05) is 0 Å². The van der Waals surface area contributed by atoms with Crippen LogP contribution in [0.2, 0.25) is 0 Å². The van der Waals surface area contributed by atoms with Gasteiger partial charge in [-0.2, -0.15) is 4.99 Å². The SMILES string of the molecule is Cc1nc(C(=O)N=c2sccn2C)nn1-c1ccc(F)cc1. The Hall–Kier alpha value is -2.61. The minimum Gasteiger partial charge on any atom is -0.327 e. The summed E-state index contributed by atoms with van der Waals surface area (Å²) in [5.74, 6) is -0.309. The molecule has 0 saturated heterocycles. The van der Waals surface area contributed by atoms with E-state index in [1.165, 1.54) is 28.2 Å². The second-order valence-electron chi connectivity index (χ2n) is 4.58. The number of aryl methyl sites for hydroxylation is 2. The average molecular weight is 317 g/mol. The molecule has 0 atom stereocenters. The van der Waals surface area contributed by atoms with Crippen LogP contribution in [0.5, 0.6) is 0 Å². The highest BCUT2D eigenvalue weighted by Crippen LogP contribution is 2.11. The quantitative estimate of drug-likeness (QED) is 0.724. The highest BCUT2D eigenvalue weighted by Gasteiger charge is 2.14. The zero-order valence-electron chi connectivity index (χ0n) is 11.9. The van der Waals surface area contributed by atoms with Crippen molar-refractivity contribution in [3.05, 3.63) is 58.1 Å². The Bertz CT molecular complexity index is 891. The van der Waals surface area contributed by atoms with E-state index in [0.29, 0.717) is 16.3 Å². The minimum absolute atomic E-state index is 0.00947. The number of hydrogen-bond donors (Lipinski definition) is 0. The molecule has 0 aliphatic carbocycles. The molecular formula is C14H12FN5OS. The van der Waals surface area contributed by atoms with Crippen LogP contribution in [0.3, 0.4) is 0 Å². The smallest absolute Gasteiger partial charge is 0.319 e. The molecule has 0 saturated carbocycles. The van der Waals surface area contributed by atoms with Gasteiger partial charge in [-0.25, -0.2) is 14.1 Å². The first-order chi connectivity index (χ1) is 10.5. The van der Waals surface area contributed by atoms with E-state index in [4.69, 9.17) is 0 Å². The first-order valence-corrected chi connectivity index (χ1v) is 7.31. The lowest BCUT2D eigenvalue weighted by atomic mass is 10.3. The maximum Gasteiger partial charge on any atom is 0.319 e. The van der Waals surface area contributed by atoms with Crippen LogP contribution in [0.25, 0.3) is 5.69 Å². The molecule has 22 heavy (non-hydrogen) atoms. The summed E-state index contributed by atoms with van der Waals surface area (Å²) in [4.78, 5) is 20.8. The van der Waals surface area contributed by atoms with Crippen LogP contribution in [-0.2, 0) is 7.05 Å². The molecular weight excluding hydrogens is 305 g/mol. The van der Waals surface area contributed by atoms with Gasteiger partial charge in [-0.3, -0.25) is 4.79 Å². The molecule has 1 aromatic carbocycles. The molecule has 0 aliphatic heterocycles. The number of nitrogens with zero attached hydrogens (tertiary/aromatic N) is 5. The van der Waals surface area contributed by atoms with Gasteiger partial charge in [0.25, 0.3) is 0 Å². The maximum atomic E-state index is 13.0. The number of carbonyl (C=O) groups is 1. The third-order valence-corrected chi connectivity index (χ3v) is 3.84. The zero-order chi connectivity index (χ0) is 15.7. The lowest BCUT2D eigenvalue weighted by Gasteiger charge is -2.01. The summed E-state index contributed by atoms with van der Waals surface area (Å²) in [5.41, 5.74) is 0.632. The Balaban J connectivity index is 1.97. The molecule has 2 aromatic heterocycles. The van der Waals surface area contributed by atoms with E-state index < -0.39 is 5.91 Å². The Morgan fingerprint density at radius 1 is 1.32 bits per heavy atom. The summed E-state index contributed by atoms with van der Waals surface area (Å²) in [6.07, 6.45) is 1.81. The molecule has 0 spiro atoms. The molecule has 6 nitrogen and oxygen atoms in total. The van der Waals surface area contributed by atoms with Crippen LogP contribution in [-0.4, -0.2) is 25.2 Å². The number of rotatable bonds is 2. The van der Waals surface area contributed by atoms with Crippen LogP contribution in [0.15, 0.2) is 40.8 Å². The summed E-state index contributed by atoms with van der Waals surface area (Å²) in [7, 11) is 1.80. The fraction of sp³-hybridized carbons (Fsp3) is 0.143. The van der Waals surface area contributed by atoms with E-state index in [1.54, 1.807) is 30.7 Å². The van der Waals surface area contributed by atoms with Crippen molar-refractivity contribution >= 4 is 17.2 Å². The predicted molar refractivity (Wildman–Crippen MR) is 79.2 cm³/mol. The van der Waals surface area contributed by atoms with Gasteiger partial charge in [-0.15, -0.1) is 16.4 Å². The average Bonchev–Trinajstić information content (AvgIpc) is 3.07. The molecule has 0 radical (unpaired) electrons. The highest BCUT2D eigenvalue weighted by atomic mass is 32.1. The van der Waals surface area contributed by atoms with Gasteiger partial charge in [0.2, 0.25) is 5.82 Å². The predicted octanol–water partition coefficient (Wildman–Crippen LogP) is 1.86. The van der Waals surface area contributed by atoms with Gasteiger partial charge in [0.1, 0.15) is 11.6 Å². The number of hydrogen-bond acceptors (Lipinski definition) is 4. The summed E-state index contributed by atoms with van der Waals surface area (Å²) in [5, 5.41) is 5.99. The number of aromatic nitrogens is 4. The summed E-state index contributed by atoms with van der Waals surface area (Å²) in [6, 6.07) is 5.80. The number of benzene rings is 1. The Labute approximate surface area is 129 Å². The van der Waals surface area contributed by atoms with E-state index in [9.17, 15) is 9.18 Å². The van der Waals surface area contributed by atoms with Crippen LogP contribution < -0.4 is 4.80 Å². The van der Waals surface area contributed by atoms with Gasteiger partial charge < -0.3 is 4.57 Å². The Morgan fingerprint density at radius 3 is 2.68 bits per heavy atom. The first-order valence-electron chi connectivity index (χ1n) is 6.43. The van der Waals surface area contributed by atoms with Gasteiger partial charge >= 0.3 is 5.91 Å².